The summed E-state index contributed by atoms with van der Waals surface area (Å²) < 4.78 is 0. The molecule has 1 heterocycles. The van der Waals surface area contributed by atoms with Crippen LogP contribution in [0.15, 0.2) is 72.8 Å². The summed E-state index contributed by atoms with van der Waals surface area (Å²) in [6.07, 6.45) is 0. The first-order valence-corrected chi connectivity index (χ1v) is 10.3. The van der Waals surface area contributed by atoms with E-state index in [-0.39, 0.29) is 17.7 Å². The fraction of sp³-hybridized carbons (Fsp3) is 0.167. The number of rotatable bonds is 1. The molecule has 1 aliphatic heterocycles. The molecule has 2 amide bonds. The molecule has 3 aromatic carbocycles. The first-order chi connectivity index (χ1) is 14.0. The van der Waals surface area contributed by atoms with Gasteiger partial charge in [0.2, 0.25) is 11.8 Å². The fourth-order valence-electron chi connectivity index (χ4n) is 5.52. The van der Waals surface area contributed by atoms with Crippen LogP contribution in [0.25, 0.3) is 0 Å². The van der Waals surface area contributed by atoms with Crippen LogP contribution in [0, 0.1) is 11.8 Å². The number of hydrogen-bond donors (Lipinski definition) is 0. The van der Waals surface area contributed by atoms with Gasteiger partial charge in [0.25, 0.3) is 0 Å². The maximum Gasteiger partial charge on any atom is 0.240 e. The lowest BCUT2D eigenvalue weighted by molar-refractivity contribution is -0.122. The molecule has 2 atom stereocenters. The molecule has 0 N–H and O–H groups in total. The largest absolute Gasteiger partial charge is 0.274 e. The average Bonchev–Trinajstić information content (AvgIpc) is 3.01. The van der Waals surface area contributed by atoms with Crippen LogP contribution >= 0.6 is 23.2 Å². The Kier molecular flexibility index (Phi) is 3.40. The molecule has 0 saturated carbocycles. The monoisotopic (exact) mass is 419 g/mol. The lowest BCUT2D eigenvalue weighted by Crippen LogP contribution is -2.50. The molecular weight excluding hydrogens is 405 g/mol. The van der Waals surface area contributed by atoms with E-state index < -0.39 is 16.7 Å². The molecule has 0 unspecified atom stereocenters. The predicted octanol–water partition coefficient (Wildman–Crippen LogP) is 5.09. The van der Waals surface area contributed by atoms with Crippen LogP contribution in [0.3, 0.4) is 0 Å². The van der Waals surface area contributed by atoms with Crippen molar-refractivity contribution in [3.8, 4) is 0 Å². The Morgan fingerprint density at radius 3 is 1.90 bits per heavy atom. The van der Waals surface area contributed by atoms with Crippen LogP contribution in [-0.4, -0.2) is 11.8 Å². The summed E-state index contributed by atoms with van der Waals surface area (Å²) in [4.78, 5) is 27.5. The Labute approximate surface area is 177 Å². The quantitative estimate of drug-likeness (QED) is 0.407. The first-order valence-electron chi connectivity index (χ1n) is 9.54. The highest BCUT2D eigenvalue weighted by atomic mass is 35.5. The summed E-state index contributed by atoms with van der Waals surface area (Å²) in [7, 11) is 0. The molecule has 0 aromatic heterocycles. The number of halogens is 2. The van der Waals surface area contributed by atoms with E-state index in [0.717, 1.165) is 22.3 Å². The van der Waals surface area contributed by atoms with Gasteiger partial charge in [0.1, 0.15) is 4.87 Å². The van der Waals surface area contributed by atoms with Crippen molar-refractivity contribution in [1.82, 2.24) is 0 Å². The zero-order chi connectivity index (χ0) is 19.9. The van der Waals surface area contributed by atoms with Gasteiger partial charge in [-0.3, -0.25) is 9.59 Å². The van der Waals surface area contributed by atoms with Crippen molar-refractivity contribution in [1.29, 1.82) is 0 Å². The van der Waals surface area contributed by atoms with Crippen LogP contribution in [0.2, 0.25) is 5.02 Å². The van der Waals surface area contributed by atoms with Crippen molar-refractivity contribution < 1.29 is 9.59 Å². The molecule has 0 radical (unpaired) electrons. The number of benzene rings is 3. The van der Waals surface area contributed by atoms with Crippen LogP contribution in [0.5, 0.6) is 0 Å². The van der Waals surface area contributed by atoms with E-state index in [9.17, 15) is 9.59 Å². The minimum Gasteiger partial charge on any atom is -0.274 e. The van der Waals surface area contributed by atoms with Crippen LogP contribution in [0.4, 0.5) is 5.69 Å². The topological polar surface area (TPSA) is 37.4 Å². The molecule has 1 fully saturated rings. The van der Waals surface area contributed by atoms with Gasteiger partial charge < -0.3 is 0 Å². The molecule has 7 rings (SSSR count). The van der Waals surface area contributed by atoms with E-state index in [2.05, 4.69) is 0 Å². The highest BCUT2D eigenvalue weighted by molar-refractivity contribution is 6.34. The van der Waals surface area contributed by atoms with Gasteiger partial charge in [-0.1, -0.05) is 60.1 Å². The highest BCUT2D eigenvalue weighted by Crippen LogP contribution is 2.65. The van der Waals surface area contributed by atoms with Gasteiger partial charge in [-0.2, -0.15) is 0 Å². The van der Waals surface area contributed by atoms with E-state index >= 15 is 0 Å². The number of amides is 2. The first kappa shape index (κ1) is 17.3. The molecule has 3 aromatic rings. The Morgan fingerprint density at radius 2 is 1.31 bits per heavy atom. The van der Waals surface area contributed by atoms with Crippen LogP contribution in [0.1, 0.15) is 28.2 Å². The van der Waals surface area contributed by atoms with Crippen molar-refractivity contribution in [2.45, 2.75) is 10.8 Å². The smallest absolute Gasteiger partial charge is 0.240 e. The Hall–Kier alpha value is -2.62. The highest BCUT2D eigenvalue weighted by Gasteiger charge is 2.67. The molecule has 3 nitrogen and oxygen atoms in total. The van der Waals surface area contributed by atoms with Crippen molar-refractivity contribution >= 4 is 40.7 Å². The molecule has 142 valence electrons. The molecule has 1 saturated heterocycles. The Balaban J connectivity index is 1.61. The second-order valence-corrected chi connectivity index (χ2v) is 8.89. The molecule has 3 aliphatic carbocycles. The third-order valence-electron chi connectivity index (χ3n) is 6.60. The standard InChI is InChI=1S/C24H15Cl2NO2/c25-13-9-11-14(12-10-13)27-22(28)20-19-15-5-1-3-7-17(15)24(26,21(20)23(27)29)18-8-4-2-6-16(18)19/h1-12,19-21H/t19?,20-,21-,24?/m1/s1. The van der Waals surface area contributed by atoms with Crippen molar-refractivity contribution in [2.75, 3.05) is 4.90 Å². The predicted molar refractivity (Wildman–Crippen MR) is 112 cm³/mol. The molecule has 0 spiro atoms. The van der Waals surface area contributed by atoms with Gasteiger partial charge in [0.15, 0.2) is 0 Å². The van der Waals surface area contributed by atoms with Crippen molar-refractivity contribution in [2.24, 2.45) is 11.8 Å². The SMILES string of the molecule is O=C1[C@@H]2C3c4ccccc4C(Cl)(c4ccccc43)[C@H]2C(=O)N1c1ccc(Cl)cc1. The third-order valence-corrected chi connectivity index (χ3v) is 7.49. The maximum absolute atomic E-state index is 13.6. The van der Waals surface area contributed by atoms with E-state index in [1.54, 1.807) is 24.3 Å². The summed E-state index contributed by atoms with van der Waals surface area (Å²) in [5.41, 5.74) is 4.49. The van der Waals surface area contributed by atoms with E-state index in [1.165, 1.54) is 4.90 Å². The number of nitrogens with zero attached hydrogens (tertiary/aromatic N) is 1. The zero-order valence-corrected chi connectivity index (χ0v) is 16.7. The van der Waals surface area contributed by atoms with Gasteiger partial charge in [0.05, 0.1) is 17.5 Å². The van der Waals surface area contributed by atoms with Gasteiger partial charge >= 0.3 is 0 Å². The van der Waals surface area contributed by atoms with Gasteiger partial charge in [-0.05, 0) is 46.5 Å². The van der Waals surface area contributed by atoms with Crippen molar-refractivity contribution in [3.05, 3.63) is 100 Å². The normalized spacial score (nSPS) is 28.9. The third kappa shape index (κ3) is 2.00. The number of alkyl halides is 1. The maximum atomic E-state index is 13.6. The summed E-state index contributed by atoms with van der Waals surface area (Å²) in [5.74, 6) is -1.77. The molecule has 2 bridgehead atoms. The Morgan fingerprint density at radius 1 is 0.759 bits per heavy atom. The van der Waals surface area contributed by atoms with E-state index in [1.807, 2.05) is 48.5 Å². The van der Waals surface area contributed by atoms with E-state index in [0.29, 0.717) is 10.7 Å². The molecule has 5 heteroatoms. The number of carbonyl (C=O) groups excluding carboxylic acids is 2. The average molecular weight is 420 g/mol. The number of imide groups is 1. The fourth-order valence-corrected chi connectivity index (χ4v) is 6.22. The van der Waals surface area contributed by atoms with Gasteiger partial charge in [0, 0.05) is 10.9 Å². The van der Waals surface area contributed by atoms with E-state index in [4.69, 9.17) is 23.2 Å². The van der Waals surface area contributed by atoms with Crippen LogP contribution < -0.4 is 4.90 Å². The Bertz CT molecular complexity index is 1160. The van der Waals surface area contributed by atoms with Crippen LogP contribution in [-0.2, 0) is 14.5 Å². The number of carbonyl (C=O) groups is 2. The summed E-state index contributed by atoms with van der Waals surface area (Å²) in [5, 5.41) is 0.555. The zero-order valence-electron chi connectivity index (χ0n) is 15.2. The summed E-state index contributed by atoms with van der Waals surface area (Å²) >= 11 is 13.4. The second-order valence-electron chi connectivity index (χ2n) is 7.86. The molecule has 4 aliphatic rings. The summed E-state index contributed by atoms with van der Waals surface area (Å²) in [6.45, 7) is 0. The lowest BCUT2D eigenvalue weighted by Gasteiger charge is -2.50. The number of anilines is 1. The number of hydrogen-bond acceptors (Lipinski definition) is 2. The minimum absolute atomic E-state index is 0.179. The van der Waals surface area contributed by atoms with Crippen molar-refractivity contribution in [3.63, 3.8) is 0 Å². The molecular formula is C24H15Cl2NO2. The minimum atomic E-state index is -1.06. The summed E-state index contributed by atoms with van der Waals surface area (Å²) in [6, 6.07) is 22.7. The second kappa shape index (κ2) is 5.71. The van der Waals surface area contributed by atoms with Gasteiger partial charge in [-0.15, -0.1) is 11.6 Å². The lowest BCUT2D eigenvalue weighted by atomic mass is 9.54. The molecule has 29 heavy (non-hydrogen) atoms. The van der Waals surface area contributed by atoms with Gasteiger partial charge in [-0.25, -0.2) is 4.90 Å².